The summed E-state index contributed by atoms with van der Waals surface area (Å²) < 4.78 is 67.5. The standard InChI is InChI=1S/C13H17F3N3O3S/c1-17(2)10-11(19-8-6-5-7-9-19)12(10,18(3)4)22-23(20,21)13(14,15)16/h5-9H,1-4H3/q+1. The molecule has 0 aromatic carbocycles. The molecular weight excluding hydrogens is 335 g/mol. The molecule has 1 aromatic rings. The van der Waals surface area contributed by atoms with Gasteiger partial charge < -0.3 is 4.90 Å². The van der Waals surface area contributed by atoms with Gasteiger partial charge in [-0.2, -0.15) is 26.2 Å². The van der Waals surface area contributed by atoms with Crippen molar-refractivity contribution in [3.05, 3.63) is 36.3 Å². The third kappa shape index (κ3) is 2.81. The lowest BCUT2D eigenvalue weighted by molar-refractivity contribution is -0.583. The molecule has 2 rings (SSSR count). The Kier molecular flexibility index (Phi) is 4.20. The van der Waals surface area contributed by atoms with Crippen molar-refractivity contribution in [2.45, 2.75) is 11.2 Å². The van der Waals surface area contributed by atoms with E-state index in [0.717, 1.165) is 0 Å². The molecule has 1 heterocycles. The van der Waals surface area contributed by atoms with Crippen LogP contribution in [-0.2, 0) is 14.3 Å². The Morgan fingerprint density at radius 3 is 2.00 bits per heavy atom. The fourth-order valence-corrected chi connectivity index (χ4v) is 3.09. The maximum atomic E-state index is 12.7. The normalized spacial score (nSPS) is 21.7. The minimum absolute atomic E-state index is 0.306. The van der Waals surface area contributed by atoms with Crippen LogP contribution in [0.2, 0.25) is 0 Å². The van der Waals surface area contributed by atoms with Gasteiger partial charge in [-0.3, -0.25) is 4.90 Å². The van der Waals surface area contributed by atoms with Crippen LogP contribution in [0, 0.1) is 0 Å². The average molecular weight is 352 g/mol. The minimum atomic E-state index is -5.77. The Labute approximate surface area is 132 Å². The highest BCUT2D eigenvalue weighted by molar-refractivity contribution is 7.87. The van der Waals surface area contributed by atoms with E-state index in [2.05, 4.69) is 4.18 Å². The molecule has 1 aliphatic carbocycles. The van der Waals surface area contributed by atoms with Gasteiger partial charge in [0.1, 0.15) is 5.70 Å². The molecule has 23 heavy (non-hydrogen) atoms. The highest BCUT2D eigenvalue weighted by Crippen LogP contribution is 2.52. The summed E-state index contributed by atoms with van der Waals surface area (Å²) >= 11 is 0. The van der Waals surface area contributed by atoms with Crippen molar-refractivity contribution >= 4 is 15.8 Å². The first-order valence-electron chi connectivity index (χ1n) is 6.53. The van der Waals surface area contributed by atoms with Gasteiger partial charge >= 0.3 is 15.6 Å². The van der Waals surface area contributed by atoms with Crippen molar-refractivity contribution in [1.82, 2.24) is 9.80 Å². The molecular formula is C13H17F3N3O3S+. The van der Waals surface area contributed by atoms with Crippen molar-refractivity contribution in [1.29, 1.82) is 0 Å². The Bertz CT molecular complexity index is 730. The Morgan fingerprint density at radius 1 is 1.09 bits per heavy atom. The van der Waals surface area contributed by atoms with E-state index in [1.54, 1.807) is 44.7 Å². The van der Waals surface area contributed by atoms with Crippen LogP contribution in [-0.4, -0.2) is 57.6 Å². The minimum Gasteiger partial charge on any atom is -0.372 e. The molecule has 1 atom stereocenters. The molecule has 10 heteroatoms. The van der Waals surface area contributed by atoms with Crippen LogP contribution in [0.4, 0.5) is 13.2 Å². The molecule has 1 aliphatic rings. The molecule has 0 amide bonds. The summed E-state index contributed by atoms with van der Waals surface area (Å²) in [5, 5.41) is 0. The summed E-state index contributed by atoms with van der Waals surface area (Å²) in [5.74, 6) is 0. The number of hydrogen-bond acceptors (Lipinski definition) is 5. The fourth-order valence-electron chi connectivity index (χ4n) is 2.37. The third-order valence-electron chi connectivity index (χ3n) is 3.37. The predicted molar refractivity (Wildman–Crippen MR) is 76.0 cm³/mol. The molecule has 1 unspecified atom stereocenters. The number of rotatable bonds is 5. The number of alkyl halides is 3. The van der Waals surface area contributed by atoms with Gasteiger partial charge in [-0.05, 0) is 14.1 Å². The zero-order chi connectivity index (χ0) is 17.6. The second-order valence-electron chi connectivity index (χ2n) is 5.40. The number of halogens is 3. The maximum absolute atomic E-state index is 12.7. The Hall–Kier alpha value is -1.65. The summed E-state index contributed by atoms with van der Waals surface area (Å²) in [6, 6.07) is 5.09. The topological polar surface area (TPSA) is 53.7 Å². The lowest BCUT2D eigenvalue weighted by Gasteiger charge is -2.26. The zero-order valence-corrected chi connectivity index (χ0v) is 13.8. The van der Waals surface area contributed by atoms with Gasteiger partial charge in [0.15, 0.2) is 12.4 Å². The van der Waals surface area contributed by atoms with E-state index in [1.165, 1.54) is 28.5 Å². The first kappa shape index (κ1) is 17.7. The summed E-state index contributed by atoms with van der Waals surface area (Å²) in [6.45, 7) is 0. The van der Waals surface area contributed by atoms with Crippen LogP contribution in [0.1, 0.15) is 0 Å². The van der Waals surface area contributed by atoms with Crippen LogP contribution in [0.3, 0.4) is 0 Å². The monoisotopic (exact) mass is 352 g/mol. The third-order valence-corrected chi connectivity index (χ3v) is 4.40. The van der Waals surface area contributed by atoms with Crippen LogP contribution in [0.25, 0.3) is 5.70 Å². The molecule has 0 spiro atoms. The average Bonchev–Trinajstić information content (AvgIpc) is 3.08. The van der Waals surface area contributed by atoms with Gasteiger partial charge in [-0.1, -0.05) is 6.07 Å². The predicted octanol–water partition coefficient (Wildman–Crippen LogP) is 0.842. The number of hydrogen-bond donors (Lipinski definition) is 0. The first-order valence-corrected chi connectivity index (χ1v) is 7.94. The quantitative estimate of drug-likeness (QED) is 0.340. The van der Waals surface area contributed by atoms with Gasteiger partial charge in [-0.25, -0.2) is 4.18 Å². The van der Waals surface area contributed by atoms with Crippen molar-refractivity contribution in [3.63, 3.8) is 0 Å². The molecule has 0 saturated heterocycles. The molecule has 0 N–H and O–H groups in total. The van der Waals surface area contributed by atoms with Crippen molar-refractivity contribution in [3.8, 4) is 0 Å². The van der Waals surface area contributed by atoms with E-state index in [4.69, 9.17) is 0 Å². The molecule has 1 aromatic heterocycles. The lowest BCUT2D eigenvalue weighted by Crippen LogP contribution is -2.48. The van der Waals surface area contributed by atoms with E-state index in [1.807, 2.05) is 0 Å². The van der Waals surface area contributed by atoms with Crippen LogP contribution < -0.4 is 4.57 Å². The van der Waals surface area contributed by atoms with Crippen LogP contribution in [0.5, 0.6) is 0 Å². The second-order valence-corrected chi connectivity index (χ2v) is 6.93. The maximum Gasteiger partial charge on any atom is 0.523 e. The van der Waals surface area contributed by atoms with Gasteiger partial charge in [0.05, 0.1) is 0 Å². The fraction of sp³-hybridized carbons (Fsp3) is 0.462. The Morgan fingerprint density at radius 2 is 1.61 bits per heavy atom. The van der Waals surface area contributed by atoms with Gasteiger partial charge in [0.2, 0.25) is 0 Å². The smallest absolute Gasteiger partial charge is 0.372 e. The number of nitrogens with zero attached hydrogens (tertiary/aromatic N) is 3. The lowest BCUT2D eigenvalue weighted by atomic mass is 10.4. The van der Waals surface area contributed by atoms with Crippen molar-refractivity contribution in [2.24, 2.45) is 0 Å². The van der Waals surface area contributed by atoms with Gasteiger partial charge in [0, 0.05) is 26.2 Å². The number of pyridine rings is 1. The van der Waals surface area contributed by atoms with E-state index in [-0.39, 0.29) is 0 Å². The molecule has 128 valence electrons. The largest absolute Gasteiger partial charge is 0.523 e. The summed E-state index contributed by atoms with van der Waals surface area (Å²) in [5.41, 5.74) is -6.67. The van der Waals surface area contributed by atoms with Crippen LogP contribution >= 0.6 is 0 Å². The summed E-state index contributed by atoms with van der Waals surface area (Å²) in [6.07, 6.45) is 3.21. The van der Waals surface area contributed by atoms with Gasteiger partial charge in [-0.15, -0.1) is 0 Å². The summed E-state index contributed by atoms with van der Waals surface area (Å²) in [4.78, 5) is 2.82. The molecule has 0 bridgehead atoms. The zero-order valence-electron chi connectivity index (χ0n) is 13.0. The number of aromatic nitrogens is 1. The molecule has 0 saturated carbocycles. The van der Waals surface area contributed by atoms with E-state index >= 15 is 0 Å². The first-order chi connectivity index (χ1) is 10.4. The van der Waals surface area contributed by atoms with E-state index in [0.29, 0.717) is 11.4 Å². The Balaban J connectivity index is 2.52. The highest BCUT2D eigenvalue weighted by Gasteiger charge is 2.71. The van der Waals surface area contributed by atoms with E-state index in [9.17, 15) is 21.6 Å². The second kappa shape index (κ2) is 5.46. The SMILES string of the molecule is CN(C)C1=C([n+]2ccccc2)C1(OS(=O)(=O)C(F)(F)F)N(C)C. The molecule has 6 nitrogen and oxygen atoms in total. The van der Waals surface area contributed by atoms with Crippen molar-refractivity contribution in [2.75, 3.05) is 28.2 Å². The highest BCUT2D eigenvalue weighted by atomic mass is 32.2. The molecule has 0 radical (unpaired) electrons. The summed E-state index contributed by atoms with van der Waals surface area (Å²) in [7, 11) is 0.342. The van der Waals surface area contributed by atoms with Crippen molar-refractivity contribution < 1.29 is 30.3 Å². The van der Waals surface area contributed by atoms with Gasteiger partial charge in [0.25, 0.3) is 11.4 Å². The van der Waals surface area contributed by atoms with E-state index < -0.39 is 21.4 Å². The number of likely N-dealkylation sites (N-methyl/N-ethyl adjacent to an activating group) is 2. The molecule has 0 fully saturated rings. The van der Waals surface area contributed by atoms with Crippen LogP contribution in [0.15, 0.2) is 36.3 Å². The molecule has 0 aliphatic heterocycles.